The van der Waals surface area contributed by atoms with E-state index in [9.17, 15) is 18.0 Å². The molecular weight excluding hydrogens is 287 g/mol. The standard InChI is InChI=1S/C13H20F3N3O2/c1-9-11(10(2)19(3)18-9)4-5-12(20)17-6-7-21-8-13(14,15)16/h4-8H2,1-3H3,(H,17,20). The van der Waals surface area contributed by atoms with E-state index in [1.54, 1.807) is 4.68 Å². The fourth-order valence-electron chi connectivity index (χ4n) is 1.96. The molecule has 0 radical (unpaired) electrons. The number of rotatable bonds is 7. The molecule has 0 bridgehead atoms. The Morgan fingerprint density at radius 2 is 2.05 bits per heavy atom. The lowest BCUT2D eigenvalue weighted by molar-refractivity contribution is -0.173. The predicted octanol–water partition coefficient (Wildman–Crippen LogP) is 1.66. The lowest BCUT2D eigenvalue weighted by Crippen LogP contribution is -2.29. The maximum absolute atomic E-state index is 11.8. The van der Waals surface area contributed by atoms with Gasteiger partial charge in [-0.2, -0.15) is 18.3 Å². The Kier molecular flexibility index (Phi) is 6.19. The summed E-state index contributed by atoms with van der Waals surface area (Å²) < 4.78 is 41.6. The number of nitrogens with zero attached hydrogens (tertiary/aromatic N) is 2. The molecule has 8 heteroatoms. The number of halogens is 3. The fraction of sp³-hybridized carbons (Fsp3) is 0.692. The highest BCUT2D eigenvalue weighted by atomic mass is 19.4. The van der Waals surface area contributed by atoms with Crippen LogP contribution in [0.25, 0.3) is 0 Å². The Hall–Kier alpha value is -1.57. The number of carbonyl (C=O) groups is 1. The Morgan fingerprint density at radius 1 is 1.38 bits per heavy atom. The van der Waals surface area contributed by atoms with Crippen molar-refractivity contribution in [2.24, 2.45) is 7.05 Å². The lowest BCUT2D eigenvalue weighted by atomic mass is 10.1. The van der Waals surface area contributed by atoms with Crippen LogP contribution in [0.2, 0.25) is 0 Å². The van der Waals surface area contributed by atoms with Crippen molar-refractivity contribution in [2.75, 3.05) is 19.8 Å². The predicted molar refractivity (Wildman–Crippen MR) is 70.9 cm³/mol. The number of hydrogen-bond donors (Lipinski definition) is 1. The third-order valence-corrected chi connectivity index (χ3v) is 3.10. The first-order valence-corrected chi connectivity index (χ1v) is 6.61. The van der Waals surface area contributed by atoms with E-state index >= 15 is 0 Å². The van der Waals surface area contributed by atoms with Gasteiger partial charge >= 0.3 is 6.18 Å². The van der Waals surface area contributed by atoms with Gasteiger partial charge < -0.3 is 10.1 Å². The van der Waals surface area contributed by atoms with Crippen LogP contribution in [-0.2, 0) is 23.0 Å². The van der Waals surface area contributed by atoms with Crippen LogP contribution < -0.4 is 5.32 Å². The molecule has 0 atom stereocenters. The molecule has 5 nitrogen and oxygen atoms in total. The van der Waals surface area contributed by atoms with Crippen molar-refractivity contribution in [3.05, 3.63) is 17.0 Å². The molecule has 0 spiro atoms. The third-order valence-electron chi connectivity index (χ3n) is 3.10. The second-order valence-electron chi connectivity index (χ2n) is 4.79. The first-order chi connectivity index (χ1) is 9.70. The average molecular weight is 307 g/mol. The molecule has 0 aliphatic carbocycles. The molecule has 1 N–H and O–H groups in total. The topological polar surface area (TPSA) is 56.2 Å². The number of nitrogens with one attached hydrogen (secondary N) is 1. The van der Waals surface area contributed by atoms with Crippen LogP contribution in [0.1, 0.15) is 23.4 Å². The smallest absolute Gasteiger partial charge is 0.370 e. The van der Waals surface area contributed by atoms with Gasteiger partial charge in [-0.15, -0.1) is 0 Å². The van der Waals surface area contributed by atoms with Crippen LogP contribution >= 0.6 is 0 Å². The molecule has 0 aliphatic heterocycles. The van der Waals surface area contributed by atoms with Gasteiger partial charge in [0, 0.05) is 25.7 Å². The largest absolute Gasteiger partial charge is 0.411 e. The average Bonchev–Trinajstić information content (AvgIpc) is 2.59. The van der Waals surface area contributed by atoms with E-state index in [1.807, 2.05) is 20.9 Å². The van der Waals surface area contributed by atoms with E-state index in [1.165, 1.54) is 0 Å². The molecule has 0 aliphatic rings. The first-order valence-electron chi connectivity index (χ1n) is 6.61. The van der Waals surface area contributed by atoms with E-state index < -0.39 is 12.8 Å². The fourth-order valence-corrected chi connectivity index (χ4v) is 1.96. The SMILES string of the molecule is Cc1nn(C)c(C)c1CCC(=O)NCCOCC(F)(F)F. The summed E-state index contributed by atoms with van der Waals surface area (Å²) in [6.07, 6.45) is -3.51. The molecule has 1 heterocycles. The highest BCUT2D eigenvalue weighted by Crippen LogP contribution is 2.14. The number of amides is 1. The summed E-state index contributed by atoms with van der Waals surface area (Å²) in [7, 11) is 1.84. The van der Waals surface area contributed by atoms with Crippen LogP contribution in [-0.4, -0.2) is 41.6 Å². The second kappa shape index (κ2) is 7.44. The molecule has 0 aromatic carbocycles. The molecule has 1 rings (SSSR count). The number of alkyl halides is 3. The Labute approximate surface area is 121 Å². The summed E-state index contributed by atoms with van der Waals surface area (Å²) in [5.74, 6) is -0.215. The van der Waals surface area contributed by atoms with Gasteiger partial charge in [-0.25, -0.2) is 0 Å². The van der Waals surface area contributed by atoms with Crippen LogP contribution in [0, 0.1) is 13.8 Å². The summed E-state index contributed by atoms with van der Waals surface area (Å²) >= 11 is 0. The summed E-state index contributed by atoms with van der Waals surface area (Å²) in [5.41, 5.74) is 2.92. The van der Waals surface area contributed by atoms with Gasteiger partial charge in [-0.3, -0.25) is 9.48 Å². The zero-order chi connectivity index (χ0) is 16.0. The highest BCUT2D eigenvalue weighted by Gasteiger charge is 2.27. The molecule has 120 valence electrons. The van der Waals surface area contributed by atoms with Crippen molar-refractivity contribution in [3.63, 3.8) is 0 Å². The van der Waals surface area contributed by atoms with E-state index in [4.69, 9.17) is 0 Å². The van der Waals surface area contributed by atoms with E-state index in [2.05, 4.69) is 15.2 Å². The van der Waals surface area contributed by atoms with Crippen LogP contribution in [0.5, 0.6) is 0 Å². The zero-order valence-electron chi connectivity index (χ0n) is 12.4. The van der Waals surface area contributed by atoms with Crippen molar-refractivity contribution in [1.82, 2.24) is 15.1 Å². The molecular formula is C13H20F3N3O2. The molecule has 1 aromatic rings. The van der Waals surface area contributed by atoms with E-state index in [0.717, 1.165) is 17.0 Å². The zero-order valence-corrected chi connectivity index (χ0v) is 12.4. The van der Waals surface area contributed by atoms with Crippen molar-refractivity contribution in [3.8, 4) is 0 Å². The van der Waals surface area contributed by atoms with E-state index in [-0.39, 0.29) is 25.5 Å². The summed E-state index contributed by atoms with van der Waals surface area (Å²) in [6.45, 7) is 2.43. The van der Waals surface area contributed by atoms with Crippen molar-refractivity contribution in [2.45, 2.75) is 32.9 Å². The monoisotopic (exact) mass is 307 g/mol. The molecule has 0 unspecified atom stereocenters. The van der Waals surface area contributed by atoms with Crippen LogP contribution in [0.15, 0.2) is 0 Å². The Morgan fingerprint density at radius 3 is 2.57 bits per heavy atom. The van der Waals surface area contributed by atoms with Crippen molar-refractivity contribution < 1.29 is 22.7 Å². The number of ether oxygens (including phenoxy) is 1. The molecule has 1 aromatic heterocycles. The van der Waals surface area contributed by atoms with Gasteiger partial charge in [-0.1, -0.05) is 0 Å². The Bertz CT molecular complexity index is 484. The number of hydrogen-bond acceptors (Lipinski definition) is 3. The maximum Gasteiger partial charge on any atom is 0.411 e. The van der Waals surface area contributed by atoms with Gasteiger partial charge in [0.2, 0.25) is 5.91 Å². The summed E-state index contributed by atoms with van der Waals surface area (Å²) in [6, 6.07) is 0. The minimum atomic E-state index is -4.33. The highest BCUT2D eigenvalue weighted by molar-refractivity contribution is 5.76. The van der Waals surface area contributed by atoms with Gasteiger partial charge in [0.25, 0.3) is 0 Å². The maximum atomic E-state index is 11.8. The molecule has 0 saturated carbocycles. The van der Waals surface area contributed by atoms with Crippen molar-refractivity contribution >= 4 is 5.91 Å². The second-order valence-corrected chi connectivity index (χ2v) is 4.79. The van der Waals surface area contributed by atoms with Crippen molar-refractivity contribution in [1.29, 1.82) is 0 Å². The number of aromatic nitrogens is 2. The minimum Gasteiger partial charge on any atom is -0.370 e. The van der Waals surface area contributed by atoms with Gasteiger partial charge in [0.15, 0.2) is 0 Å². The molecule has 21 heavy (non-hydrogen) atoms. The van der Waals surface area contributed by atoms with Gasteiger partial charge in [-0.05, 0) is 25.8 Å². The normalized spacial score (nSPS) is 11.7. The van der Waals surface area contributed by atoms with Gasteiger partial charge in [0.05, 0.1) is 12.3 Å². The van der Waals surface area contributed by atoms with Crippen LogP contribution in [0.4, 0.5) is 13.2 Å². The third kappa shape index (κ3) is 6.16. The summed E-state index contributed by atoms with van der Waals surface area (Å²) in [4.78, 5) is 11.6. The quantitative estimate of drug-likeness (QED) is 0.780. The molecule has 1 amide bonds. The molecule has 0 fully saturated rings. The van der Waals surface area contributed by atoms with Crippen LogP contribution in [0.3, 0.4) is 0 Å². The number of carbonyl (C=O) groups excluding carboxylic acids is 1. The minimum absolute atomic E-state index is 0.0694. The first kappa shape index (κ1) is 17.5. The number of aryl methyl sites for hydroxylation is 2. The van der Waals surface area contributed by atoms with E-state index in [0.29, 0.717) is 6.42 Å². The Balaban J connectivity index is 2.23. The summed E-state index contributed by atoms with van der Waals surface area (Å²) in [5, 5.41) is 6.78. The molecule has 0 saturated heterocycles. The lowest BCUT2D eigenvalue weighted by Gasteiger charge is -2.08. The van der Waals surface area contributed by atoms with Gasteiger partial charge in [0.1, 0.15) is 6.61 Å².